The van der Waals surface area contributed by atoms with Crippen LogP contribution in [0, 0.1) is 6.92 Å². The first kappa shape index (κ1) is 11.9. The first-order chi connectivity index (χ1) is 9.31. The molecule has 0 spiro atoms. The van der Waals surface area contributed by atoms with E-state index in [0.717, 1.165) is 23.7 Å². The Morgan fingerprint density at radius 3 is 2.47 bits per heavy atom. The lowest BCUT2D eigenvalue weighted by Gasteiger charge is -2.19. The summed E-state index contributed by atoms with van der Waals surface area (Å²) in [6.45, 7) is 4.15. The minimum Gasteiger partial charge on any atom is -0.486 e. The van der Waals surface area contributed by atoms with Gasteiger partial charge in [0.2, 0.25) is 0 Å². The van der Waals surface area contributed by atoms with Gasteiger partial charge in [-0.15, -0.1) is 0 Å². The lowest BCUT2D eigenvalue weighted by molar-refractivity contribution is 0.171. The molecule has 0 unspecified atom stereocenters. The molecule has 0 atom stereocenters. The second-order valence-corrected chi connectivity index (χ2v) is 4.70. The third-order valence-electron chi connectivity index (χ3n) is 3.16. The van der Waals surface area contributed by atoms with Gasteiger partial charge in [0.25, 0.3) is 0 Å². The van der Waals surface area contributed by atoms with Gasteiger partial charge in [-0.1, -0.05) is 29.8 Å². The number of nitrogens with one attached hydrogen (secondary N) is 1. The first-order valence-electron chi connectivity index (χ1n) is 6.50. The Hall–Kier alpha value is -2.16. The third-order valence-corrected chi connectivity index (χ3v) is 3.16. The van der Waals surface area contributed by atoms with Crippen LogP contribution < -0.4 is 14.8 Å². The Bertz CT molecular complexity index is 563. The van der Waals surface area contributed by atoms with Crippen LogP contribution in [0.1, 0.15) is 11.1 Å². The molecule has 0 radical (unpaired) electrons. The average Bonchev–Trinajstić information content (AvgIpc) is 2.46. The van der Waals surface area contributed by atoms with E-state index in [1.807, 2.05) is 18.2 Å². The number of aryl methyl sites for hydroxylation is 1. The van der Waals surface area contributed by atoms with Crippen LogP contribution in [0.25, 0.3) is 0 Å². The summed E-state index contributed by atoms with van der Waals surface area (Å²) >= 11 is 0. The summed E-state index contributed by atoms with van der Waals surface area (Å²) in [6, 6.07) is 14.5. The fraction of sp³-hybridized carbons (Fsp3) is 0.250. The Balaban J connectivity index is 1.68. The van der Waals surface area contributed by atoms with E-state index in [2.05, 4.69) is 36.5 Å². The molecule has 2 aromatic rings. The standard InChI is InChI=1S/C16H17NO2/c1-12-2-4-13(5-3-12)11-17-14-6-7-15-16(10-14)19-9-8-18-15/h2-7,10,17H,8-9,11H2,1H3. The molecule has 3 heteroatoms. The first-order valence-corrected chi connectivity index (χ1v) is 6.50. The minimum atomic E-state index is 0.619. The third kappa shape index (κ3) is 2.81. The quantitative estimate of drug-likeness (QED) is 0.912. The molecule has 3 rings (SSSR count). The summed E-state index contributed by atoms with van der Waals surface area (Å²) in [5.74, 6) is 1.65. The summed E-state index contributed by atoms with van der Waals surface area (Å²) in [5.41, 5.74) is 3.59. The fourth-order valence-electron chi connectivity index (χ4n) is 2.06. The van der Waals surface area contributed by atoms with Gasteiger partial charge < -0.3 is 14.8 Å². The highest BCUT2D eigenvalue weighted by molar-refractivity contribution is 5.55. The van der Waals surface area contributed by atoms with Gasteiger partial charge in [0.1, 0.15) is 13.2 Å². The maximum atomic E-state index is 5.57. The largest absolute Gasteiger partial charge is 0.486 e. The van der Waals surface area contributed by atoms with Gasteiger partial charge >= 0.3 is 0 Å². The molecule has 3 nitrogen and oxygen atoms in total. The predicted octanol–water partition coefficient (Wildman–Crippen LogP) is 3.38. The SMILES string of the molecule is Cc1ccc(CNc2ccc3c(c2)OCCO3)cc1. The minimum absolute atomic E-state index is 0.619. The van der Waals surface area contributed by atoms with Crippen molar-refractivity contribution in [3.8, 4) is 11.5 Å². The summed E-state index contributed by atoms with van der Waals surface area (Å²) in [4.78, 5) is 0. The maximum Gasteiger partial charge on any atom is 0.163 e. The molecule has 0 bridgehead atoms. The van der Waals surface area contributed by atoms with E-state index in [1.165, 1.54) is 11.1 Å². The van der Waals surface area contributed by atoms with Crippen LogP contribution in [-0.2, 0) is 6.54 Å². The molecule has 0 fully saturated rings. The van der Waals surface area contributed by atoms with Crippen LogP contribution in [0.15, 0.2) is 42.5 Å². The van der Waals surface area contributed by atoms with E-state index < -0.39 is 0 Å². The summed E-state index contributed by atoms with van der Waals surface area (Å²) in [6.07, 6.45) is 0. The van der Waals surface area contributed by atoms with E-state index in [4.69, 9.17) is 9.47 Å². The van der Waals surface area contributed by atoms with Crippen molar-refractivity contribution >= 4 is 5.69 Å². The van der Waals surface area contributed by atoms with Crippen molar-refractivity contribution in [2.24, 2.45) is 0 Å². The molecular weight excluding hydrogens is 238 g/mol. The van der Waals surface area contributed by atoms with Crippen molar-refractivity contribution in [3.05, 3.63) is 53.6 Å². The Labute approximate surface area is 113 Å². The van der Waals surface area contributed by atoms with E-state index >= 15 is 0 Å². The monoisotopic (exact) mass is 255 g/mol. The average molecular weight is 255 g/mol. The smallest absolute Gasteiger partial charge is 0.163 e. The van der Waals surface area contributed by atoms with E-state index in [-0.39, 0.29) is 0 Å². The Morgan fingerprint density at radius 2 is 1.68 bits per heavy atom. The number of ether oxygens (including phenoxy) is 2. The van der Waals surface area contributed by atoms with Crippen LogP contribution in [-0.4, -0.2) is 13.2 Å². The van der Waals surface area contributed by atoms with Gasteiger partial charge in [0, 0.05) is 18.3 Å². The topological polar surface area (TPSA) is 30.5 Å². The maximum absolute atomic E-state index is 5.57. The molecule has 19 heavy (non-hydrogen) atoms. The molecule has 2 aromatic carbocycles. The van der Waals surface area contributed by atoms with Crippen LogP contribution in [0.4, 0.5) is 5.69 Å². The van der Waals surface area contributed by atoms with E-state index in [0.29, 0.717) is 13.2 Å². The van der Waals surface area contributed by atoms with Crippen LogP contribution in [0.5, 0.6) is 11.5 Å². The normalized spacial score (nSPS) is 13.1. The molecule has 0 saturated heterocycles. The van der Waals surface area contributed by atoms with Crippen molar-refractivity contribution in [2.75, 3.05) is 18.5 Å². The molecule has 1 heterocycles. The second-order valence-electron chi connectivity index (χ2n) is 4.70. The zero-order valence-electron chi connectivity index (χ0n) is 11.0. The molecule has 0 amide bonds. The molecule has 1 aliphatic heterocycles. The molecule has 1 aliphatic rings. The number of hydrogen-bond donors (Lipinski definition) is 1. The van der Waals surface area contributed by atoms with Gasteiger partial charge in [-0.2, -0.15) is 0 Å². The molecule has 98 valence electrons. The highest BCUT2D eigenvalue weighted by Gasteiger charge is 2.11. The zero-order chi connectivity index (χ0) is 13.1. The van der Waals surface area contributed by atoms with Crippen LogP contribution in [0.3, 0.4) is 0 Å². The lowest BCUT2D eigenvalue weighted by atomic mass is 10.1. The number of hydrogen-bond acceptors (Lipinski definition) is 3. The number of fused-ring (bicyclic) bond motifs is 1. The number of benzene rings is 2. The Morgan fingerprint density at radius 1 is 0.947 bits per heavy atom. The second kappa shape index (κ2) is 5.22. The van der Waals surface area contributed by atoms with Crippen molar-refractivity contribution < 1.29 is 9.47 Å². The van der Waals surface area contributed by atoms with Crippen molar-refractivity contribution in [1.29, 1.82) is 0 Å². The van der Waals surface area contributed by atoms with Gasteiger partial charge in [-0.25, -0.2) is 0 Å². The molecular formula is C16H17NO2. The summed E-state index contributed by atoms with van der Waals surface area (Å²) < 4.78 is 11.1. The molecule has 0 aliphatic carbocycles. The van der Waals surface area contributed by atoms with Crippen LogP contribution in [0.2, 0.25) is 0 Å². The van der Waals surface area contributed by atoms with Gasteiger partial charge in [-0.05, 0) is 24.6 Å². The Kier molecular flexibility index (Phi) is 3.27. The lowest BCUT2D eigenvalue weighted by Crippen LogP contribution is -2.15. The van der Waals surface area contributed by atoms with Gasteiger partial charge in [0.05, 0.1) is 0 Å². The molecule has 0 saturated carbocycles. The van der Waals surface area contributed by atoms with Crippen molar-refractivity contribution in [3.63, 3.8) is 0 Å². The van der Waals surface area contributed by atoms with Crippen molar-refractivity contribution in [1.82, 2.24) is 0 Å². The van der Waals surface area contributed by atoms with E-state index in [9.17, 15) is 0 Å². The van der Waals surface area contributed by atoms with Crippen molar-refractivity contribution in [2.45, 2.75) is 13.5 Å². The summed E-state index contributed by atoms with van der Waals surface area (Å²) in [7, 11) is 0. The van der Waals surface area contributed by atoms with Crippen LogP contribution >= 0.6 is 0 Å². The number of rotatable bonds is 3. The van der Waals surface area contributed by atoms with Gasteiger partial charge in [0.15, 0.2) is 11.5 Å². The molecule has 0 aromatic heterocycles. The highest BCUT2D eigenvalue weighted by Crippen LogP contribution is 2.32. The highest BCUT2D eigenvalue weighted by atomic mass is 16.6. The molecule has 1 N–H and O–H groups in total. The zero-order valence-corrected chi connectivity index (χ0v) is 11.0. The van der Waals surface area contributed by atoms with Gasteiger partial charge in [-0.3, -0.25) is 0 Å². The predicted molar refractivity (Wildman–Crippen MR) is 75.9 cm³/mol. The van der Waals surface area contributed by atoms with E-state index in [1.54, 1.807) is 0 Å². The fourth-order valence-corrected chi connectivity index (χ4v) is 2.06. The summed E-state index contributed by atoms with van der Waals surface area (Å²) in [5, 5.41) is 3.39. The number of anilines is 1.